The maximum atomic E-state index is 12.0. The second-order valence-electron chi connectivity index (χ2n) is 5.60. The molecule has 0 aliphatic rings. The zero-order valence-corrected chi connectivity index (χ0v) is 14.7. The van der Waals surface area contributed by atoms with Gasteiger partial charge in [0.05, 0.1) is 18.4 Å². The summed E-state index contributed by atoms with van der Waals surface area (Å²) in [5.74, 6) is 0.777. The molecule has 0 aliphatic heterocycles. The van der Waals surface area contributed by atoms with Gasteiger partial charge in [0.15, 0.2) is 9.84 Å². The lowest BCUT2D eigenvalue weighted by Gasteiger charge is -2.27. The summed E-state index contributed by atoms with van der Waals surface area (Å²) in [7, 11) is -1.51. The Bertz CT molecular complexity index is 581. The van der Waals surface area contributed by atoms with Gasteiger partial charge in [0.2, 0.25) is 0 Å². The predicted molar refractivity (Wildman–Crippen MR) is 87.8 cm³/mol. The van der Waals surface area contributed by atoms with Crippen LogP contribution in [-0.4, -0.2) is 33.6 Å². The molecule has 1 aromatic rings. The minimum Gasteiger partial charge on any atom is -0.496 e. The van der Waals surface area contributed by atoms with E-state index in [0.29, 0.717) is 0 Å². The Morgan fingerprint density at radius 3 is 2.38 bits per heavy atom. The van der Waals surface area contributed by atoms with Crippen molar-refractivity contribution in [2.45, 2.75) is 45.4 Å². The second-order valence-corrected chi connectivity index (χ2v) is 8.00. The number of benzene rings is 1. The predicted octanol–water partition coefficient (Wildman–Crippen LogP) is 2.79. The van der Waals surface area contributed by atoms with Gasteiger partial charge in [-0.25, -0.2) is 8.42 Å². The van der Waals surface area contributed by atoms with E-state index in [-0.39, 0.29) is 6.04 Å². The number of methoxy groups -OCH3 is 1. The van der Waals surface area contributed by atoms with Crippen molar-refractivity contribution in [3.8, 4) is 5.75 Å². The lowest BCUT2D eigenvalue weighted by Crippen LogP contribution is -2.35. The number of sulfone groups is 1. The molecule has 0 radical (unpaired) electrons. The third kappa shape index (κ3) is 4.20. The molecule has 0 spiro atoms. The van der Waals surface area contributed by atoms with Crippen molar-refractivity contribution in [3.63, 3.8) is 0 Å². The van der Waals surface area contributed by atoms with Crippen LogP contribution in [0.25, 0.3) is 0 Å². The zero-order valence-electron chi connectivity index (χ0n) is 13.9. The third-order valence-corrected chi connectivity index (χ3v) is 5.63. The molecule has 21 heavy (non-hydrogen) atoms. The highest BCUT2D eigenvalue weighted by atomic mass is 32.2. The first-order valence-corrected chi connectivity index (χ1v) is 9.25. The van der Waals surface area contributed by atoms with Crippen LogP contribution in [0, 0.1) is 13.8 Å². The van der Waals surface area contributed by atoms with Crippen LogP contribution in [0.1, 0.15) is 43.0 Å². The van der Waals surface area contributed by atoms with Crippen molar-refractivity contribution in [2.75, 3.05) is 19.9 Å². The van der Waals surface area contributed by atoms with Gasteiger partial charge in [-0.1, -0.05) is 19.1 Å². The van der Waals surface area contributed by atoms with E-state index in [1.54, 1.807) is 14.0 Å². The van der Waals surface area contributed by atoms with Gasteiger partial charge in [-0.15, -0.1) is 0 Å². The minimum absolute atomic E-state index is 0.269. The minimum atomic E-state index is -3.15. The highest BCUT2D eigenvalue weighted by molar-refractivity contribution is 7.91. The van der Waals surface area contributed by atoms with E-state index in [9.17, 15) is 8.42 Å². The number of hydrogen-bond acceptors (Lipinski definition) is 4. The van der Waals surface area contributed by atoms with Gasteiger partial charge < -0.3 is 10.1 Å². The fourth-order valence-electron chi connectivity index (χ4n) is 2.40. The first kappa shape index (κ1) is 18.0. The summed E-state index contributed by atoms with van der Waals surface area (Å²) >= 11 is 0. The Hall–Kier alpha value is -1.07. The molecule has 0 saturated carbocycles. The summed E-state index contributed by atoms with van der Waals surface area (Å²) in [5, 5.41) is 2.84. The SMILES string of the molecule is CCCNC(c1ccc(C)c(C)c1OC)C(C)S(C)(=O)=O. The van der Waals surface area contributed by atoms with Gasteiger partial charge in [-0.3, -0.25) is 0 Å². The Balaban J connectivity index is 3.36. The fourth-order valence-corrected chi connectivity index (χ4v) is 3.14. The molecular formula is C16H27NO3S. The highest BCUT2D eigenvalue weighted by Crippen LogP contribution is 2.34. The van der Waals surface area contributed by atoms with Gasteiger partial charge in [-0.05, 0) is 44.9 Å². The van der Waals surface area contributed by atoms with Crippen LogP contribution >= 0.6 is 0 Å². The molecular weight excluding hydrogens is 286 g/mol. The lowest BCUT2D eigenvalue weighted by atomic mass is 9.97. The molecule has 1 N–H and O–H groups in total. The highest BCUT2D eigenvalue weighted by Gasteiger charge is 2.29. The number of aryl methyl sites for hydroxylation is 1. The Kier molecular flexibility index (Phi) is 6.23. The standard InChI is InChI=1S/C16H27NO3S/c1-7-10-17-15(13(4)21(6,18)19)14-9-8-11(2)12(3)16(14)20-5/h8-9,13,15,17H,7,10H2,1-6H3. The number of nitrogens with one attached hydrogen (secondary N) is 1. The van der Waals surface area contributed by atoms with E-state index in [2.05, 4.69) is 12.2 Å². The fraction of sp³-hybridized carbons (Fsp3) is 0.625. The van der Waals surface area contributed by atoms with Crippen molar-refractivity contribution in [3.05, 3.63) is 28.8 Å². The maximum absolute atomic E-state index is 12.0. The molecule has 1 aromatic carbocycles. The van der Waals surface area contributed by atoms with Crippen LogP contribution in [0.5, 0.6) is 5.75 Å². The van der Waals surface area contributed by atoms with Crippen molar-refractivity contribution in [1.29, 1.82) is 0 Å². The number of hydrogen-bond donors (Lipinski definition) is 1. The van der Waals surface area contributed by atoms with Gasteiger partial charge in [0, 0.05) is 11.8 Å². The number of rotatable bonds is 7. The lowest BCUT2D eigenvalue weighted by molar-refractivity contribution is 0.393. The summed E-state index contributed by atoms with van der Waals surface area (Å²) < 4.78 is 29.5. The van der Waals surface area contributed by atoms with Gasteiger partial charge in [0.1, 0.15) is 5.75 Å². The third-order valence-electron chi connectivity index (χ3n) is 4.01. The van der Waals surface area contributed by atoms with E-state index in [1.807, 2.05) is 26.0 Å². The molecule has 1 rings (SSSR count). The zero-order chi connectivity index (χ0) is 16.2. The van der Waals surface area contributed by atoms with E-state index in [1.165, 1.54) is 6.26 Å². The van der Waals surface area contributed by atoms with E-state index >= 15 is 0 Å². The van der Waals surface area contributed by atoms with Crippen LogP contribution in [0.15, 0.2) is 12.1 Å². The molecule has 2 unspecified atom stereocenters. The van der Waals surface area contributed by atoms with Crippen LogP contribution in [0.2, 0.25) is 0 Å². The average Bonchev–Trinajstić information content (AvgIpc) is 2.41. The molecule has 0 aliphatic carbocycles. The van der Waals surface area contributed by atoms with Crippen molar-refractivity contribution in [1.82, 2.24) is 5.32 Å². The van der Waals surface area contributed by atoms with E-state index in [0.717, 1.165) is 35.4 Å². The first-order chi connectivity index (χ1) is 9.73. The summed E-state index contributed by atoms with van der Waals surface area (Å²) in [4.78, 5) is 0. The van der Waals surface area contributed by atoms with Crippen molar-refractivity contribution < 1.29 is 13.2 Å². The Morgan fingerprint density at radius 2 is 1.90 bits per heavy atom. The molecule has 0 saturated heterocycles. The monoisotopic (exact) mass is 313 g/mol. The summed E-state index contributed by atoms with van der Waals surface area (Å²) in [6.45, 7) is 8.60. The van der Waals surface area contributed by atoms with Gasteiger partial charge in [-0.2, -0.15) is 0 Å². The summed E-state index contributed by atoms with van der Waals surface area (Å²) in [5.41, 5.74) is 3.10. The van der Waals surface area contributed by atoms with Crippen molar-refractivity contribution in [2.24, 2.45) is 0 Å². The van der Waals surface area contributed by atoms with Gasteiger partial charge in [0.25, 0.3) is 0 Å². The van der Waals surface area contributed by atoms with Crippen LogP contribution in [0.4, 0.5) is 0 Å². The molecule has 0 fully saturated rings. The summed E-state index contributed by atoms with van der Waals surface area (Å²) in [6.07, 6.45) is 2.23. The quantitative estimate of drug-likeness (QED) is 0.841. The maximum Gasteiger partial charge on any atom is 0.151 e. The Labute approximate surface area is 128 Å². The molecule has 4 nitrogen and oxygen atoms in total. The molecule has 120 valence electrons. The smallest absolute Gasteiger partial charge is 0.151 e. The topological polar surface area (TPSA) is 55.4 Å². The normalized spacial score (nSPS) is 14.8. The molecule has 0 heterocycles. The van der Waals surface area contributed by atoms with Crippen LogP contribution < -0.4 is 10.1 Å². The van der Waals surface area contributed by atoms with Crippen LogP contribution in [-0.2, 0) is 9.84 Å². The van der Waals surface area contributed by atoms with E-state index in [4.69, 9.17) is 4.74 Å². The molecule has 2 atom stereocenters. The molecule has 5 heteroatoms. The largest absolute Gasteiger partial charge is 0.496 e. The Morgan fingerprint density at radius 1 is 1.29 bits per heavy atom. The molecule has 0 aromatic heterocycles. The first-order valence-electron chi connectivity index (χ1n) is 7.30. The van der Waals surface area contributed by atoms with Gasteiger partial charge >= 0.3 is 0 Å². The van der Waals surface area contributed by atoms with Crippen LogP contribution in [0.3, 0.4) is 0 Å². The summed E-state index contributed by atoms with van der Waals surface area (Å²) in [6, 6.07) is 3.72. The number of ether oxygens (including phenoxy) is 1. The van der Waals surface area contributed by atoms with E-state index < -0.39 is 15.1 Å². The second kappa shape index (κ2) is 7.27. The molecule has 0 amide bonds. The van der Waals surface area contributed by atoms with Crippen molar-refractivity contribution >= 4 is 9.84 Å². The average molecular weight is 313 g/mol. The molecule has 0 bridgehead atoms.